The van der Waals surface area contributed by atoms with Gasteiger partial charge in [-0.2, -0.15) is 18.3 Å². The number of hydrogen-bond donors (Lipinski definition) is 5. The third-order valence-electron chi connectivity index (χ3n) is 6.78. The zero-order valence-corrected chi connectivity index (χ0v) is 26.7. The van der Waals surface area contributed by atoms with Crippen molar-refractivity contribution in [2.45, 2.75) is 84.4 Å². The number of aromatic amines is 2. The molecule has 0 saturated heterocycles. The maximum Gasteiger partial charge on any atom is 0.435 e. The molecular formula is C31H40F5N7O4. The molecule has 2 heterocycles. The van der Waals surface area contributed by atoms with E-state index in [0.29, 0.717) is 36.3 Å². The van der Waals surface area contributed by atoms with Crippen LogP contribution in [0.4, 0.5) is 27.6 Å². The topological polar surface area (TPSA) is 154 Å². The lowest BCUT2D eigenvalue weighted by Gasteiger charge is -2.19. The fourth-order valence-electron chi connectivity index (χ4n) is 4.70. The average Bonchev–Trinajstić information content (AvgIpc) is 3.60. The monoisotopic (exact) mass is 669 g/mol. The van der Waals surface area contributed by atoms with Crippen molar-refractivity contribution in [2.24, 2.45) is 0 Å². The van der Waals surface area contributed by atoms with E-state index >= 15 is 0 Å². The number of alkyl halides is 5. The summed E-state index contributed by atoms with van der Waals surface area (Å²) in [5.74, 6) is -1.46. The number of imidazole rings is 1. The number of rotatable bonds is 16. The molecule has 0 atom stereocenters. The molecule has 1 aromatic carbocycles. The molecule has 3 rings (SSSR count). The molecule has 0 unspecified atom stereocenters. The van der Waals surface area contributed by atoms with Crippen molar-refractivity contribution in [2.75, 3.05) is 25.0 Å². The molecule has 47 heavy (non-hydrogen) atoms. The van der Waals surface area contributed by atoms with Crippen LogP contribution in [0.25, 0.3) is 0 Å². The number of nitrogens with zero attached hydrogens (tertiary/aromatic N) is 2. The molecule has 16 heteroatoms. The minimum atomic E-state index is -4.87. The number of hydrogen-bond acceptors (Lipinski definition) is 7. The van der Waals surface area contributed by atoms with Crippen LogP contribution in [-0.2, 0) is 35.0 Å². The second kappa shape index (κ2) is 16.5. The van der Waals surface area contributed by atoms with Crippen LogP contribution in [0.1, 0.15) is 96.1 Å². The van der Waals surface area contributed by atoms with E-state index in [1.165, 1.54) is 0 Å². The molecule has 3 aromatic rings. The molecule has 0 aliphatic rings. The fraction of sp³-hybridized carbons (Fsp3) is 0.516. The van der Waals surface area contributed by atoms with Crippen LogP contribution >= 0.6 is 0 Å². The smallest absolute Gasteiger partial charge is 0.435 e. The second-order valence-corrected chi connectivity index (χ2v) is 11.8. The van der Waals surface area contributed by atoms with Crippen LogP contribution in [0.15, 0.2) is 24.4 Å². The van der Waals surface area contributed by atoms with Crippen molar-refractivity contribution in [1.29, 1.82) is 0 Å². The first-order valence-electron chi connectivity index (χ1n) is 15.2. The number of unbranched alkanes of at least 4 members (excludes halogenated alkanes) is 2. The zero-order chi connectivity index (χ0) is 34.8. The van der Waals surface area contributed by atoms with Gasteiger partial charge in [-0.05, 0) is 70.3 Å². The summed E-state index contributed by atoms with van der Waals surface area (Å²) in [4.78, 5) is 43.9. The SMILES string of the molecule is CCc1cc(NC(=O)c2ncc(Cc3c(C(F)(F)F)n[nH]c3CC(F)F)[nH]2)ccc1C(=O)NCCCCCNCC(=O)OC(C)(C)C. The van der Waals surface area contributed by atoms with E-state index in [1.54, 1.807) is 18.2 Å². The number of carbonyl (C=O) groups is 3. The lowest BCUT2D eigenvalue weighted by Crippen LogP contribution is -2.32. The van der Waals surface area contributed by atoms with E-state index < -0.39 is 48.2 Å². The van der Waals surface area contributed by atoms with Gasteiger partial charge in [-0.15, -0.1) is 0 Å². The largest absolute Gasteiger partial charge is 0.459 e. The summed E-state index contributed by atoms with van der Waals surface area (Å²) in [6.45, 7) is 8.52. The molecule has 0 radical (unpaired) electrons. The van der Waals surface area contributed by atoms with Gasteiger partial charge < -0.3 is 25.7 Å². The van der Waals surface area contributed by atoms with Crippen LogP contribution < -0.4 is 16.0 Å². The highest BCUT2D eigenvalue weighted by Gasteiger charge is 2.38. The van der Waals surface area contributed by atoms with Crippen molar-refractivity contribution in [3.8, 4) is 0 Å². The second-order valence-electron chi connectivity index (χ2n) is 11.8. The summed E-state index contributed by atoms with van der Waals surface area (Å²) in [6.07, 6.45) is -5.10. The number of nitrogens with one attached hydrogen (secondary N) is 5. The summed E-state index contributed by atoms with van der Waals surface area (Å²) in [5.41, 5.74) is -1.06. The fourth-order valence-corrected chi connectivity index (χ4v) is 4.70. The molecule has 258 valence electrons. The molecule has 0 aliphatic heterocycles. The Bertz CT molecular complexity index is 1510. The Hall–Kier alpha value is -4.34. The summed E-state index contributed by atoms with van der Waals surface area (Å²) < 4.78 is 71.3. The molecule has 0 bridgehead atoms. The van der Waals surface area contributed by atoms with Gasteiger partial charge in [0.25, 0.3) is 11.8 Å². The Morgan fingerprint density at radius 1 is 1.02 bits per heavy atom. The van der Waals surface area contributed by atoms with Crippen LogP contribution in [0.5, 0.6) is 0 Å². The van der Waals surface area contributed by atoms with Crippen LogP contribution in [0.3, 0.4) is 0 Å². The predicted molar refractivity (Wildman–Crippen MR) is 163 cm³/mol. The number of anilines is 1. The number of aromatic nitrogens is 4. The molecule has 0 aliphatic carbocycles. The van der Waals surface area contributed by atoms with Crippen molar-refractivity contribution in [3.05, 3.63) is 64.0 Å². The average molecular weight is 670 g/mol. The van der Waals surface area contributed by atoms with Crippen LogP contribution in [0.2, 0.25) is 0 Å². The van der Waals surface area contributed by atoms with E-state index in [9.17, 15) is 36.3 Å². The number of benzene rings is 1. The van der Waals surface area contributed by atoms with E-state index in [0.717, 1.165) is 25.5 Å². The first-order valence-corrected chi connectivity index (χ1v) is 15.2. The van der Waals surface area contributed by atoms with Gasteiger partial charge in [-0.25, -0.2) is 13.8 Å². The van der Waals surface area contributed by atoms with Gasteiger partial charge in [0.15, 0.2) is 11.5 Å². The molecule has 2 amide bonds. The Kier molecular flexibility index (Phi) is 13.0. The molecule has 0 fully saturated rings. The Morgan fingerprint density at radius 3 is 2.40 bits per heavy atom. The minimum absolute atomic E-state index is 0.0934. The number of ether oxygens (including phenoxy) is 1. The summed E-state index contributed by atoms with van der Waals surface area (Å²) in [6, 6.07) is 4.77. The Labute approximate surface area is 268 Å². The van der Waals surface area contributed by atoms with Crippen molar-refractivity contribution in [3.63, 3.8) is 0 Å². The standard InChI is InChI=1S/C31H40F5N7O4/c1-5-18-13-19(9-10-21(18)28(45)38-12-8-6-7-11-37-17-25(44)47-30(2,3)4)41-29(46)27-39-16-20(40-27)14-22-23(15-24(32)33)42-43-26(22)31(34,35)36/h9-10,13,16,24,37H,5-8,11-12,14-15,17H2,1-4H3,(H,38,45)(H,39,40)(H,41,46)(H,42,43). The van der Waals surface area contributed by atoms with E-state index in [-0.39, 0.29) is 35.6 Å². The number of amides is 2. The third kappa shape index (κ3) is 11.8. The highest BCUT2D eigenvalue weighted by molar-refractivity contribution is 6.02. The van der Waals surface area contributed by atoms with Gasteiger partial charge in [0.2, 0.25) is 6.43 Å². The summed E-state index contributed by atoms with van der Waals surface area (Å²) in [7, 11) is 0. The van der Waals surface area contributed by atoms with Gasteiger partial charge in [0.05, 0.1) is 13.0 Å². The number of aryl methyl sites for hydroxylation is 1. The van der Waals surface area contributed by atoms with Gasteiger partial charge in [0.1, 0.15) is 5.60 Å². The van der Waals surface area contributed by atoms with Crippen LogP contribution in [0, 0.1) is 0 Å². The number of halogens is 5. The number of carbonyl (C=O) groups excluding carboxylic acids is 3. The zero-order valence-electron chi connectivity index (χ0n) is 26.7. The lowest BCUT2D eigenvalue weighted by molar-refractivity contribution is -0.153. The van der Waals surface area contributed by atoms with E-state index in [4.69, 9.17) is 4.74 Å². The van der Waals surface area contributed by atoms with E-state index in [2.05, 4.69) is 31.0 Å². The predicted octanol–water partition coefficient (Wildman–Crippen LogP) is 5.20. The Balaban J connectivity index is 1.51. The van der Waals surface area contributed by atoms with Gasteiger partial charge in [-0.3, -0.25) is 19.5 Å². The molecular weight excluding hydrogens is 629 g/mol. The summed E-state index contributed by atoms with van der Waals surface area (Å²) in [5, 5.41) is 13.8. The highest BCUT2D eigenvalue weighted by atomic mass is 19.4. The van der Waals surface area contributed by atoms with Crippen molar-refractivity contribution < 1.29 is 41.1 Å². The number of esters is 1. The van der Waals surface area contributed by atoms with Gasteiger partial charge in [-0.1, -0.05) is 13.3 Å². The normalized spacial score (nSPS) is 12.0. The van der Waals surface area contributed by atoms with E-state index in [1.807, 2.05) is 32.8 Å². The van der Waals surface area contributed by atoms with Crippen molar-refractivity contribution >= 4 is 23.5 Å². The Morgan fingerprint density at radius 2 is 1.74 bits per heavy atom. The summed E-state index contributed by atoms with van der Waals surface area (Å²) >= 11 is 0. The maximum absolute atomic E-state index is 13.4. The van der Waals surface area contributed by atoms with Crippen LogP contribution in [-0.4, -0.2) is 69.6 Å². The highest BCUT2D eigenvalue weighted by Crippen LogP contribution is 2.33. The molecule has 5 N–H and O–H groups in total. The third-order valence-corrected chi connectivity index (χ3v) is 6.78. The molecule has 0 spiro atoms. The molecule has 0 saturated carbocycles. The maximum atomic E-state index is 13.4. The van der Waals surface area contributed by atoms with Gasteiger partial charge >= 0.3 is 12.1 Å². The molecule has 2 aromatic heterocycles. The van der Waals surface area contributed by atoms with Gasteiger partial charge in [0, 0.05) is 47.4 Å². The quantitative estimate of drug-likeness (QED) is 0.0799. The first-order chi connectivity index (χ1) is 22.1. The minimum Gasteiger partial charge on any atom is -0.459 e. The first kappa shape index (κ1) is 37.1. The van der Waals surface area contributed by atoms with Crippen molar-refractivity contribution in [1.82, 2.24) is 30.8 Å². The lowest BCUT2D eigenvalue weighted by atomic mass is 10.0. The number of H-pyrrole nitrogens is 2. The molecule has 11 nitrogen and oxygen atoms in total.